The van der Waals surface area contributed by atoms with E-state index in [4.69, 9.17) is 4.74 Å². The number of fused-ring (bicyclic) bond motifs is 1. The Morgan fingerprint density at radius 3 is 2.38 bits per heavy atom. The highest BCUT2D eigenvalue weighted by Gasteiger charge is 2.49. The van der Waals surface area contributed by atoms with Crippen molar-refractivity contribution in [2.75, 3.05) is 38.2 Å². The van der Waals surface area contributed by atoms with Gasteiger partial charge in [0.2, 0.25) is 0 Å². The molecule has 29 heavy (non-hydrogen) atoms. The van der Waals surface area contributed by atoms with Crippen LogP contribution in [0.2, 0.25) is 0 Å². The fourth-order valence-corrected chi connectivity index (χ4v) is 4.98. The lowest BCUT2D eigenvalue weighted by molar-refractivity contribution is -0.135. The van der Waals surface area contributed by atoms with Gasteiger partial charge in [0.05, 0.1) is 12.8 Å². The summed E-state index contributed by atoms with van der Waals surface area (Å²) in [5, 5.41) is 10.7. The number of amides is 2. The number of aliphatic hydroxyl groups is 1. The Morgan fingerprint density at radius 2 is 1.76 bits per heavy atom. The predicted molar refractivity (Wildman–Crippen MR) is 105 cm³/mol. The lowest BCUT2D eigenvalue weighted by Gasteiger charge is -2.43. The third-order valence-corrected chi connectivity index (χ3v) is 6.66. The third-order valence-electron chi connectivity index (χ3n) is 6.66. The van der Waals surface area contributed by atoms with Gasteiger partial charge in [0.15, 0.2) is 5.60 Å². The summed E-state index contributed by atoms with van der Waals surface area (Å²) in [6.45, 7) is 4.55. The van der Waals surface area contributed by atoms with Crippen molar-refractivity contribution in [3.63, 3.8) is 0 Å². The molecule has 1 aromatic rings. The first-order chi connectivity index (χ1) is 13.8. The van der Waals surface area contributed by atoms with Crippen molar-refractivity contribution in [2.45, 2.75) is 50.3 Å². The first-order valence-electron chi connectivity index (χ1n) is 10.3. The van der Waals surface area contributed by atoms with Gasteiger partial charge < -0.3 is 24.5 Å². The molecular weight excluding hydrogens is 377 g/mol. The summed E-state index contributed by atoms with van der Waals surface area (Å²) in [6, 6.07) is 4.61. The lowest BCUT2D eigenvalue weighted by Crippen LogP contribution is -2.53. The number of rotatable bonds is 2. The topological polar surface area (TPSA) is 73.3 Å². The Morgan fingerprint density at radius 1 is 1.14 bits per heavy atom. The largest absolute Gasteiger partial charge is 0.453 e. The third kappa shape index (κ3) is 3.48. The van der Waals surface area contributed by atoms with E-state index in [1.807, 2.05) is 0 Å². The van der Waals surface area contributed by atoms with Crippen LogP contribution in [0.25, 0.3) is 0 Å². The summed E-state index contributed by atoms with van der Waals surface area (Å²) in [7, 11) is 1.41. The maximum atomic E-state index is 13.7. The molecular formula is C21H28FN3O4. The molecule has 0 aliphatic carbocycles. The van der Waals surface area contributed by atoms with E-state index in [1.165, 1.54) is 26.2 Å². The van der Waals surface area contributed by atoms with E-state index >= 15 is 0 Å². The van der Waals surface area contributed by atoms with Crippen molar-refractivity contribution >= 4 is 17.7 Å². The molecule has 8 heteroatoms. The van der Waals surface area contributed by atoms with E-state index in [0.29, 0.717) is 30.4 Å². The molecule has 158 valence electrons. The van der Waals surface area contributed by atoms with Gasteiger partial charge in [0, 0.05) is 43.8 Å². The van der Waals surface area contributed by atoms with E-state index in [2.05, 4.69) is 4.90 Å². The number of anilines is 1. The summed E-state index contributed by atoms with van der Waals surface area (Å²) < 4.78 is 18.5. The van der Waals surface area contributed by atoms with Gasteiger partial charge in [-0.3, -0.25) is 4.79 Å². The number of halogens is 1. The summed E-state index contributed by atoms with van der Waals surface area (Å²) in [6.07, 6.45) is 3.17. The molecule has 0 aromatic heterocycles. The number of piperidine rings is 2. The minimum Gasteiger partial charge on any atom is -0.453 e. The molecule has 1 N–H and O–H groups in total. The molecule has 2 amide bonds. The maximum Gasteiger partial charge on any atom is 0.409 e. The van der Waals surface area contributed by atoms with Crippen LogP contribution in [0.15, 0.2) is 18.2 Å². The molecule has 0 radical (unpaired) electrons. The number of benzene rings is 1. The Balaban J connectivity index is 1.40. The van der Waals surface area contributed by atoms with Crippen LogP contribution >= 0.6 is 0 Å². The van der Waals surface area contributed by atoms with Gasteiger partial charge in [-0.1, -0.05) is 0 Å². The van der Waals surface area contributed by atoms with Crippen molar-refractivity contribution < 1.29 is 23.8 Å². The number of carbonyl (C=O) groups excluding carboxylic acids is 2. The second kappa shape index (κ2) is 7.57. The monoisotopic (exact) mass is 405 g/mol. The maximum absolute atomic E-state index is 13.7. The summed E-state index contributed by atoms with van der Waals surface area (Å²) in [5.74, 6) is -0.824. The lowest BCUT2D eigenvalue weighted by atomic mass is 9.97. The van der Waals surface area contributed by atoms with Gasteiger partial charge >= 0.3 is 6.09 Å². The van der Waals surface area contributed by atoms with E-state index in [-0.39, 0.29) is 18.0 Å². The molecule has 1 unspecified atom stereocenters. The average Bonchev–Trinajstić information content (AvgIpc) is 2.93. The molecule has 1 atom stereocenters. The molecule has 1 aromatic carbocycles. The van der Waals surface area contributed by atoms with Crippen LogP contribution in [0.5, 0.6) is 0 Å². The smallest absolute Gasteiger partial charge is 0.409 e. The highest BCUT2D eigenvalue weighted by atomic mass is 19.1. The van der Waals surface area contributed by atoms with Gasteiger partial charge in [0.25, 0.3) is 5.91 Å². The average molecular weight is 405 g/mol. The minimum atomic E-state index is -1.69. The molecule has 3 heterocycles. The Hall–Kier alpha value is -2.19. The van der Waals surface area contributed by atoms with Crippen molar-refractivity contribution in [1.29, 1.82) is 0 Å². The minimum absolute atomic E-state index is 0.00732. The van der Waals surface area contributed by atoms with Crippen molar-refractivity contribution in [3.8, 4) is 0 Å². The normalized spacial score (nSPS) is 26.7. The molecule has 3 aliphatic heterocycles. The standard InChI is InChI=1S/C21H28FN3O4/c1-21(28)17-13-14(22)3-4-18(17)25(19(21)26)16-7-9-23(10-8-16)15-5-11-24(12-6-15)20(27)29-2/h3-4,13,15-16,28H,5-12H2,1-2H3. The van der Waals surface area contributed by atoms with Crippen LogP contribution in [0, 0.1) is 5.82 Å². The molecule has 3 aliphatic rings. The van der Waals surface area contributed by atoms with E-state index < -0.39 is 11.4 Å². The summed E-state index contributed by atoms with van der Waals surface area (Å²) >= 11 is 0. The van der Waals surface area contributed by atoms with Gasteiger partial charge in [-0.25, -0.2) is 9.18 Å². The second-order valence-electron chi connectivity index (χ2n) is 8.36. The number of likely N-dealkylation sites (tertiary alicyclic amines) is 2. The Kier molecular flexibility index (Phi) is 5.25. The van der Waals surface area contributed by atoms with Gasteiger partial charge in [-0.05, 0) is 50.8 Å². The van der Waals surface area contributed by atoms with Crippen LogP contribution < -0.4 is 4.90 Å². The first-order valence-corrected chi connectivity index (χ1v) is 10.3. The zero-order valence-electron chi connectivity index (χ0n) is 16.9. The van der Waals surface area contributed by atoms with Crippen molar-refractivity contribution in [1.82, 2.24) is 9.80 Å². The van der Waals surface area contributed by atoms with E-state index in [9.17, 15) is 19.1 Å². The highest BCUT2D eigenvalue weighted by molar-refractivity contribution is 6.07. The van der Waals surface area contributed by atoms with Crippen molar-refractivity contribution in [2.24, 2.45) is 0 Å². The number of hydrogen-bond donors (Lipinski definition) is 1. The molecule has 4 rings (SSSR count). The number of ether oxygens (including phenoxy) is 1. The Labute approximate surface area is 170 Å². The van der Waals surface area contributed by atoms with E-state index in [1.54, 1.807) is 15.9 Å². The van der Waals surface area contributed by atoms with Crippen LogP contribution in [-0.4, -0.2) is 72.3 Å². The van der Waals surface area contributed by atoms with Crippen LogP contribution in [0.3, 0.4) is 0 Å². The number of carbonyl (C=O) groups is 2. The molecule has 2 saturated heterocycles. The zero-order chi connectivity index (χ0) is 20.8. The Bertz CT molecular complexity index is 799. The fraction of sp³-hybridized carbons (Fsp3) is 0.619. The van der Waals surface area contributed by atoms with E-state index in [0.717, 1.165) is 38.8 Å². The van der Waals surface area contributed by atoms with Gasteiger partial charge in [0.1, 0.15) is 5.82 Å². The molecule has 0 saturated carbocycles. The van der Waals surface area contributed by atoms with Crippen LogP contribution in [0.1, 0.15) is 38.2 Å². The van der Waals surface area contributed by atoms with Gasteiger partial charge in [-0.2, -0.15) is 0 Å². The van der Waals surface area contributed by atoms with Crippen molar-refractivity contribution in [3.05, 3.63) is 29.6 Å². The summed E-state index contributed by atoms with van der Waals surface area (Å²) in [5.41, 5.74) is -0.721. The first kappa shape index (κ1) is 20.1. The number of nitrogens with zero attached hydrogens (tertiary/aromatic N) is 3. The number of hydrogen-bond acceptors (Lipinski definition) is 5. The highest BCUT2D eigenvalue weighted by Crippen LogP contribution is 2.43. The fourth-order valence-electron chi connectivity index (χ4n) is 4.98. The SMILES string of the molecule is COC(=O)N1CCC(N2CCC(N3C(=O)C(C)(O)c4cc(F)ccc43)CC2)CC1. The van der Waals surface area contributed by atoms with Crippen LogP contribution in [0.4, 0.5) is 14.9 Å². The predicted octanol–water partition coefficient (Wildman–Crippen LogP) is 2.08. The second-order valence-corrected chi connectivity index (χ2v) is 8.36. The number of methoxy groups -OCH3 is 1. The molecule has 2 fully saturated rings. The zero-order valence-corrected chi connectivity index (χ0v) is 16.9. The molecule has 0 spiro atoms. The summed E-state index contributed by atoms with van der Waals surface area (Å²) in [4.78, 5) is 30.4. The van der Waals surface area contributed by atoms with Gasteiger partial charge in [-0.15, -0.1) is 0 Å². The quantitative estimate of drug-likeness (QED) is 0.816. The van der Waals surface area contributed by atoms with Crippen LogP contribution in [-0.2, 0) is 15.1 Å². The molecule has 0 bridgehead atoms. The molecule has 7 nitrogen and oxygen atoms in total.